The molecule has 9 nitrogen and oxygen atoms in total. The maximum absolute atomic E-state index is 12.3. The minimum absolute atomic E-state index is 0.0662. The molecule has 168 valence electrons. The lowest BCUT2D eigenvalue weighted by atomic mass is 10.2. The number of hydrogen-bond acceptors (Lipinski definition) is 7. The predicted octanol–water partition coefficient (Wildman–Crippen LogP) is 4.67. The maximum Gasteiger partial charge on any atom is 0.335 e. The Bertz CT molecular complexity index is 1380. The van der Waals surface area contributed by atoms with Crippen LogP contribution < -0.4 is 14.4 Å². The van der Waals surface area contributed by atoms with Gasteiger partial charge in [-0.1, -0.05) is 29.8 Å². The van der Waals surface area contributed by atoms with Crippen LogP contribution in [0.3, 0.4) is 0 Å². The fourth-order valence-electron chi connectivity index (χ4n) is 3.12. The number of nitrogens with zero attached hydrogens (tertiary/aromatic N) is 3. The molecule has 0 bridgehead atoms. The number of carboxylic acid groups (broad SMARTS) is 1. The van der Waals surface area contributed by atoms with Crippen LogP contribution in [-0.4, -0.2) is 36.9 Å². The van der Waals surface area contributed by atoms with Crippen LogP contribution >= 0.6 is 11.6 Å². The van der Waals surface area contributed by atoms with Gasteiger partial charge in [0.15, 0.2) is 11.6 Å². The molecule has 2 N–H and O–H groups in total. The Kier molecular flexibility index (Phi) is 6.40. The van der Waals surface area contributed by atoms with Crippen molar-refractivity contribution in [2.75, 3.05) is 16.7 Å². The minimum Gasteiger partial charge on any atom is -0.755 e. The molecule has 1 heterocycles. The summed E-state index contributed by atoms with van der Waals surface area (Å²) in [6, 6.07) is 17.4. The SMILES string of the molecule is COc1ccc(Cl)c(Nc2nc3ccccc3nc2N(c2cccc(C(=O)O)c2)S(=O)[O-])c1. The Morgan fingerprint density at radius 1 is 1.09 bits per heavy atom. The highest BCUT2D eigenvalue weighted by Crippen LogP contribution is 2.36. The summed E-state index contributed by atoms with van der Waals surface area (Å²) in [6.07, 6.45) is 0. The van der Waals surface area contributed by atoms with Crippen molar-refractivity contribution in [1.29, 1.82) is 0 Å². The summed E-state index contributed by atoms with van der Waals surface area (Å²) in [6.45, 7) is 0. The first-order valence-electron chi connectivity index (χ1n) is 9.47. The molecular weight excluding hydrogens is 468 g/mol. The molecular formula is C22H16ClN4O5S-. The molecule has 4 aromatic rings. The Morgan fingerprint density at radius 2 is 1.82 bits per heavy atom. The van der Waals surface area contributed by atoms with Crippen molar-refractivity contribution in [3.63, 3.8) is 0 Å². The number of fused-ring (bicyclic) bond motifs is 1. The molecule has 0 aliphatic carbocycles. The second-order valence-electron chi connectivity index (χ2n) is 6.72. The molecule has 1 aromatic heterocycles. The standard InChI is InChI=1S/C22H17ClN4O5S/c1-32-15-9-10-16(23)19(12-15)25-20-21(26-18-8-3-2-7-17(18)24-20)27(33(30)31)14-6-4-5-13(11-14)22(28)29/h2-12H,1H3,(H,24,25)(H,28,29)(H,30,31)/p-1. The van der Waals surface area contributed by atoms with E-state index >= 15 is 0 Å². The van der Waals surface area contributed by atoms with Gasteiger partial charge in [0.1, 0.15) is 5.75 Å². The van der Waals surface area contributed by atoms with Crippen LogP contribution in [-0.2, 0) is 11.3 Å². The van der Waals surface area contributed by atoms with Crippen LogP contribution in [0.15, 0.2) is 66.7 Å². The molecule has 1 unspecified atom stereocenters. The van der Waals surface area contributed by atoms with E-state index in [2.05, 4.69) is 15.3 Å². The second-order valence-corrected chi connectivity index (χ2v) is 7.93. The lowest BCUT2D eigenvalue weighted by Crippen LogP contribution is -2.22. The Labute approximate surface area is 196 Å². The number of nitrogens with one attached hydrogen (secondary N) is 1. The predicted molar refractivity (Wildman–Crippen MR) is 125 cm³/mol. The van der Waals surface area contributed by atoms with Gasteiger partial charge in [-0.15, -0.1) is 0 Å². The highest BCUT2D eigenvalue weighted by molar-refractivity contribution is 7.81. The van der Waals surface area contributed by atoms with Gasteiger partial charge in [-0.05, 0) is 42.5 Å². The first kappa shape index (κ1) is 22.5. The fraction of sp³-hybridized carbons (Fsp3) is 0.0455. The van der Waals surface area contributed by atoms with Crippen molar-refractivity contribution >= 4 is 62.9 Å². The molecule has 11 heteroatoms. The number of aromatic carboxylic acids is 1. The van der Waals surface area contributed by atoms with Gasteiger partial charge < -0.3 is 19.7 Å². The van der Waals surface area contributed by atoms with Gasteiger partial charge in [-0.25, -0.2) is 14.8 Å². The number of ether oxygens (including phenoxy) is 1. The minimum atomic E-state index is -2.86. The van der Waals surface area contributed by atoms with E-state index in [1.165, 1.54) is 31.4 Å². The van der Waals surface area contributed by atoms with Crippen molar-refractivity contribution in [2.45, 2.75) is 0 Å². The zero-order chi connectivity index (χ0) is 23.5. The molecule has 3 aromatic carbocycles. The Hall–Kier alpha value is -3.73. The van der Waals surface area contributed by atoms with Crippen molar-refractivity contribution in [3.8, 4) is 5.75 Å². The number of carboxylic acids is 1. The normalized spacial score (nSPS) is 11.7. The van der Waals surface area contributed by atoms with Crippen LogP contribution in [0.4, 0.5) is 23.0 Å². The monoisotopic (exact) mass is 483 g/mol. The van der Waals surface area contributed by atoms with Crippen molar-refractivity contribution in [3.05, 3.63) is 77.3 Å². The molecule has 0 saturated heterocycles. The lowest BCUT2D eigenvalue weighted by Gasteiger charge is -2.27. The van der Waals surface area contributed by atoms with Crippen LogP contribution in [0.2, 0.25) is 5.02 Å². The summed E-state index contributed by atoms with van der Waals surface area (Å²) in [4.78, 5) is 20.5. The number of para-hydroxylation sites is 2. The number of hydrogen-bond donors (Lipinski definition) is 2. The number of aromatic nitrogens is 2. The molecule has 0 fully saturated rings. The van der Waals surface area contributed by atoms with Crippen LogP contribution in [0.1, 0.15) is 10.4 Å². The van der Waals surface area contributed by atoms with Crippen molar-refractivity contribution < 1.29 is 23.4 Å². The average Bonchev–Trinajstić information content (AvgIpc) is 2.80. The summed E-state index contributed by atoms with van der Waals surface area (Å²) in [5.41, 5.74) is 1.37. The first-order valence-corrected chi connectivity index (χ1v) is 10.9. The summed E-state index contributed by atoms with van der Waals surface area (Å²) < 4.78 is 30.8. The number of rotatable bonds is 7. The number of halogens is 1. The van der Waals surface area contributed by atoms with E-state index in [1.54, 1.807) is 42.5 Å². The number of benzene rings is 3. The Morgan fingerprint density at radius 3 is 2.48 bits per heavy atom. The van der Waals surface area contributed by atoms with E-state index in [0.717, 1.165) is 4.31 Å². The fourth-order valence-corrected chi connectivity index (χ4v) is 3.83. The highest BCUT2D eigenvalue weighted by Gasteiger charge is 2.21. The summed E-state index contributed by atoms with van der Waals surface area (Å²) >= 11 is 3.46. The zero-order valence-corrected chi connectivity index (χ0v) is 18.6. The largest absolute Gasteiger partial charge is 0.755 e. The smallest absolute Gasteiger partial charge is 0.335 e. The average molecular weight is 484 g/mol. The van der Waals surface area contributed by atoms with E-state index in [9.17, 15) is 18.7 Å². The van der Waals surface area contributed by atoms with E-state index in [0.29, 0.717) is 27.5 Å². The third-order valence-electron chi connectivity index (χ3n) is 4.65. The van der Waals surface area contributed by atoms with E-state index in [1.807, 2.05) is 0 Å². The molecule has 4 rings (SSSR count). The second kappa shape index (κ2) is 9.41. The van der Waals surface area contributed by atoms with Crippen LogP contribution in [0.25, 0.3) is 11.0 Å². The van der Waals surface area contributed by atoms with Gasteiger partial charge in [0.05, 0.1) is 51.4 Å². The van der Waals surface area contributed by atoms with Crippen LogP contribution in [0.5, 0.6) is 5.75 Å². The van der Waals surface area contributed by atoms with Crippen LogP contribution in [0, 0.1) is 0 Å². The summed E-state index contributed by atoms with van der Waals surface area (Å²) in [7, 11) is 1.51. The van der Waals surface area contributed by atoms with E-state index in [-0.39, 0.29) is 22.9 Å². The molecule has 0 spiro atoms. The van der Waals surface area contributed by atoms with Gasteiger partial charge in [0, 0.05) is 6.07 Å². The first-order chi connectivity index (χ1) is 15.9. The number of methoxy groups -OCH3 is 1. The summed E-state index contributed by atoms with van der Waals surface area (Å²) in [5.74, 6) is -0.646. The summed E-state index contributed by atoms with van der Waals surface area (Å²) in [5, 5.41) is 12.7. The van der Waals surface area contributed by atoms with Gasteiger partial charge in [0.25, 0.3) is 0 Å². The highest BCUT2D eigenvalue weighted by atomic mass is 35.5. The number of carbonyl (C=O) groups is 1. The zero-order valence-electron chi connectivity index (χ0n) is 17.1. The van der Waals surface area contributed by atoms with Crippen molar-refractivity contribution in [1.82, 2.24) is 9.97 Å². The maximum atomic E-state index is 12.3. The van der Waals surface area contributed by atoms with Gasteiger partial charge >= 0.3 is 5.97 Å². The topological polar surface area (TPSA) is 128 Å². The molecule has 0 aliphatic rings. The molecule has 0 radical (unpaired) electrons. The third-order valence-corrected chi connectivity index (χ3v) is 5.66. The molecule has 1 atom stereocenters. The quantitative estimate of drug-likeness (QED) is 0.363. The molecule has 33 heavy (non-hydrogen) atoms. The molecule has 0 saturated carbocycles. The van der Waals surface area contributed by atoms with Crippen molar-refractivity contribution in [2.24, 2.45) is 0 Å². The molecule has 0 amide bonds. The Balaban J connectivity index is 1.92. The molecule has 0 aliphatic heterocycles. The van der Waals surface area contributed by atoms with E-state index < -0.39 is 17.2 Å². The van der Waals surface area contributed by atoms with Gasteiger partial charge in [-0.2, -0.15) is 0 Å². The van der Waals surface area contributed by atoms with Gasteiger partial charge in [-0.3, -0.25) is 8.51 Å². The van der Waals surface area contributed by atoms with Gasteiger partial charge in [0.2, 0.25) is 0 Å². The number of anilines is 4. The third kappa shape index (κ3) is 4.72. The van der Waals surface area contributed by atoms with E-state index in [4.69, 9.17) is 16.3 Å². The lowest BCUT2D eigenvalue weighted by molar-refractivity contribution is 0.0697.